The highest BCUT2D eigenvalue weighted by Crippen LogP contribution is 2.37. The van der Waals surface area contributed by atoms with Gasteiger partial charge in [0.25, 0.3) is 0 Å². The molecule has 0 spiro atoms. The molecule has 2 aromatic carbocycles. The Kier molecular flexibility index (Phi) is 5.77. The van der Waals surface area contributed by atoms with Crippen LogP contribution in [0.3, 0.4) is 0 Å². The normalized spacial score (nSPS) is 21.6. The predicted octanol–water partition coefficient (Wildman–Crippen LogP) is 4.93. The summed E-state index contributed by atoms with van der Waals surface area (Å²) in [7, 11) is 1.68. The summed E-state index contributed by atoms with van der Waals surface area (Å²) < 4.78 is 17.8. The zero-order valence-corrected chi connectivity index (χ0v) is 18.7. The smallest absolute Gasteiger partial charge is 0.223 e. The lowest BCUT2D eigenvalue weighted by Crippen LogP contribution is -2.41. The molecule has 0 bridgehead atoms. The number of benzene rings is 2. The Morgan fingerprint density at radius 3 is 2.78 bits per heavy atom. The summed E-state index contributed by atoms with van der Waals surface area (Å²) in [5.74, 6) is 2.29. The molecule has 2 fully saturated rings. The number of rotatable bonds is 6. The molecule has 5 rings (SSSR count). The van der Waals surface area contributed by atoms with Crippen LogP contribution in [0.1, 0.15) is 55.0 Å². The van der Waals surface area contributed by atoms with Gasteiger partial charge in [0.15, 0.2) is 23.0 Å². The Labute approximate surface area is 188 Å². The van der Waals surface area contributed by atoms with Crippen LogP contribution in [0, 0.1) is 12.8 Å². The first-order valence-electron chi connectivity index (χ1n) is 11.6. The molecule has 0 unspecified atom stereocenters. The Morgan fingerprint density at radius 1 is 1.16 bits per heavy atom. The van der Waals surface area contributed by atoms with Gasteiger partial charge in [-0.05, 0) is 68.4 Å². The molecule has 1 N–H and O–H groups in total. The van der Waals surface area contributed by atoms with Crippen molar-refractivity contribution in [1.82, 2.24) is 10.3 Å². The Bertz CT molecular complexity index is 1120. The third-order valence-corrected chi connectivity index (χ3v) is 6.80. The second-order valence-corrected chi connectivity index (χ2v) is 9.04. The number of aromatic nitrogens is 1. The van der Waals surface area contributed by atoms with Crippen molar-refractivity contribution in [3.8, 4) is 11.5 Å². The molecule has 1 aliphatic heterocycles. The fourth-order valence-corrected chi connectivity index (χ4v) is 4.99. The molecule has 1 saturated carbocycles. The quantitative estimate of drug-likeness (QED) is 0.596. The van der Waals surface area contributed by atoms with Gasteiger partial charge in [0.2, 0.25) is 5.91 Å². The zero-order valence-electron chi connectivity index (χ0n) is 18.7. The van der Waals surface area contributed by atoms with E-state index >= 15 is 0 Å². The van der Waals surface area contributed by atoms with E-state index < -0.39 is 0 Å². The second-order valence-electron chi connectivity index (χ2n) is 9.04. The topological polar surface area (TPSA) is 73.6 Å². The van der Waals surface area contributed by atoms with Crippen LogP contribution in [-0.2, 0) is 11.2 Å². The molecule has 1 amide bonds. The first kappa shape index (κ1) is 20.9. The molecule has 3 aromatic rings. The Morgan fingerprint density at radius 2 is 2.00 bits per heavy atom. The van der Waals surface area contributed by atoms with Gasteiger partial charge in [-0.1, -0.05) is 18.2 Å². The van der Waals surface area contributed by atoms with Gasteiger partial charge >= 0.3 is 0 Å². The number of para-hydroxylation sites is 1. The summed E-state index contributed by atoms with van der Waals surface area (Å²) >= 11 is 0. The summed E-state index contributed by atoms with van der Waals surface area (Å²) in [5.41, 5.74) is 3.89. The number of amides is 1. The molecule has 2 atom stereocenters. The predicted molar refractivity (Wildman–Crippen MR) is 122 cm³/mol. The van der Waals surface area contributed by atoms with Gasteiger partial charge in [-0.25, -0.2) is 4.98 Å². The molecule has 6 nitrogen and oxygen atoms in total. The summed E-state index contributed by atoms with van der Waals surface area (Å²) in [5, 5.41) is 3.09. The highest BCUT2D eigenvalue weighted by atomic mass is 16.5. The van der Waals surface area contributed by atoms with E-state index in [0.717, 1.165) is 53.0 Å². The van der Waals surface area contributed by atoms with Crippen molar-refractivity contribution in [2.75, 3.05) is 13.7 Å². The lowest BCUT2D eigenvalue weighted by atomic mass is 9.83. The van der Waals surface area contributed by atoms with Crippen molar-refractivity contribution in [3.63, 3.8) is 0 Å². The third kappa shape index (κ3) is 4.18. The molecule has 1 aromatic heterocycles. The minimum absolute atomic E-state index is 0.0659. The molecule has 1 saturated heterocycles. The number of oxazole rings is 1. The van der Waals surface area contributed by atoms with Crippen LogP contribution in [0.5, 0.6) is 11.5 Å². The summed E-state index contributed by atoms with van der Waals surface area (Å²) in [6, 6.07) is 12.1. The number of carbonyl (C=O) groups is 1. The van der Waals surface area contributed by atoms with E-state index in [1.165, 1.54) is 12.8 Å². The fourth-order valence-electron chi connectivity index (χ4n) is 4.99. The number of ether oxygens (including phenoxy) is 2. The number of hydrogen-bond acceptors (Lipinski definition) is 5. The van der Waals surface area contributed by atoms with Crippen LogP contribution < -0.4 is 14.8 Å². The van der Waals surface area contributed by atoms with Crippen LogP contribution in [0.15, 0.2) is 40.8 Å². The van der Waals surface area contributed by atoms with Crippen molar-refractivity contribution >= 4 is 17.0 Å². The van der Waals surface area contributed by atoms with Crippen LogP contribution in [0.25, 0.3) is 11.1 Å². The first-order valence-corrected chi connectivity index (χ1v) is 11.6. The molecule has 1 aliphatic carbocycles. The van der Waals surface area contributed by atoms with Gasteiger partial charge < -0.3 is 19.2 Å². The van der Waals surface area contributed by atoms with Gasteiger partial charge in [0.1, 0.15) is 5.52 Å². The molecule has 2 aliphatic rings. The molecule has 6 heteroatoms. The highest BCUT2D eigenvalue weighted by Gasteiger charge is 2.31. The average Bonchev–Trinajstić information content (AvgIpc) is 3.45. The number of nitrogens with one attached hydrogen (secondary N) is 1. The van der Waals surface area contributed by atoms with E-state index in [-0.39, 0.29) is 23.8 Å². The average molecular weight is 435 g/mol. The molecule has 2 heterocycles. The maximum absolute atomic E-state index is 12.6. The SMILES string of the molecule is COc1ccc([C@H]2CNC(=O)[C@H](Cc3nc4c(C)cccc4o3)C2)cc1OC1CCCC1. The van der Waals surface area contributed by atoms with Crippen LogP contribution in [-0.4, -0.2) is 30.6 Å². The van der Waals surface area contributed by atoms with E-state index in [9.17, 15) is 4.79 Å². The lowest BCUT2D eigenvalue weighted by Gasteiger charge is -2.29. The van der Waals surface area contributed by atoms with E-state index in [1.54, 1.807) is 7.11 Å². The van der Waals surface area contributed by atoms with Crippen molar-refractivity contribution < 1.29 is 18.7 Å². The van der Waals surface area contributed by atoms with Crippen molar-refractivity contribution in [3.05, 3.63) is 53.4 Å². The minimum Gasteiger partial charge on any atom is -0.493 e. The summed E-state index contributed by atoms with van der Waals surface area (Å²) in [6.45, 7) is 2.64. The minimum atomic E-state index is -0.177. The van der Waals surface area contributed by atoms with Gasteiger partial charge in [0.05, 0.1) is 13.2 Å². The van der Waals surface area contributed by atoms with Crippen molar-refractivity contribution in [2.45, 2.75) is 57.5 Å². The zero-order chi connectivity index (χ0) is 22.1. The number of nitrogens with zero attached hydrogens (tertiary/aromatic N) is 1. The maximum atomic E-state index is 12.6. The van der Waals surface area contributed by atoms with Crippen LogP contribution in [0.4, 0.5) is 0 Å². The van der Waals surface area contributed by atoms with Crippen molar-refractivity contribution in [1.29, 1.82) is 0 Å². The maximum Gasteiger partial charge on any atom is 0.223 e. The molecule has 0 radical (unpaired) electrons. The number of carbonyl (C=O) groups excluding carboxylic acids is 1. The third-order valence-electron chi connectivity index (χ3n) is 6.80. The number of hydrogen-bond donors (Lipinski definition) is 1. The van der Waals surface area contributed by atoms with Crippen LogP contribution >= 0.6 is 0 Å². The number of fused-ring (bicyclic) bond motifs is 1. The van der Waals surface area contributed by atoms with Crippen LogP contribution in [0.2, 0.25) is 0 Å². The van der Waals surface area contributed by atoms with Gasteiger partial charge in [-0.3, -0.25) is 4.79 Å². The molecule has 168 valence electrons. The number of aryl methyl sites for hydroxylation is 1. The largest absolute Gasteiger partial charge is 0.493 e. The highest BCUT2D eigenvalue weighted by molar-refractivity contribution is 5.80. The first-order chi connectivity index (χ1) is 15.6. The van der Waals surface area contributed by atoms with E-state index in [0.29, 0.717) is 18.9 Å². The monoisotopic (exact) mass is 434 g/mol. The molecular weight excluding hydrogens is 404 g/mol. The number of piperidine rings is 1. The summed E-state index contributed by atoms with van der Waals surface area (Å²) in [4.78, 5) is 17.3. The van der Waals surface area contributed by atoms with Gasteiger partial charge in [-0.2, -0.15) is 0 Å². The number of methoxy groups -OCH3 is 1. The van der Waals surface area contributed by atoms with E-state index in [4.69, 9.17) is 13.9 Å². The standard InChI is InChI=1S/C26H30N2O4/c1-16-6-5-9-22-25(16)28-24(32-22)14-18-12-19(15-27-26(18)29)17-10-11-21(30-2)23(13-17)31-20-7-3-4-8-20/h5-6,9-11,13,18-20H,3-4,7-8,12,14-15H2,1-2H3,(H,27,29)/t18-,19+/m0/s1. The van der Waals surface area contributed by atoms with E-state index in [2.05, 4.69) is 22.4 Å². The van der Waals surface area contributed by atoms with Crippen molar-refractivity contribution in [2.24, 2.45) is 5.92 Å². The Hall–Kier alpha value is -3.02. The fraction of sp³-hybridized carbons (Fsp3) is 0.462. The second kappa shape index (κ2) is 8.85. The van der Waals surface area contributed by atoms with Gasteiger partial charge in [-0.15, -0.1) is 0 Å². The molecule has 32 heavy (non-hydrogen) atoms. The summed E-state index contributed by atoms with van der Waals surface area (Å²) in [6.07, 6.45) is 6.14. The molecular formula is C26H30N2O4. The van der Waals surface area contributed by atoms with Gasteiger partial charge in [0, 0.05) is 24.8 Å². The van der Waals surface area contributed by atoms with E-state index in [1.807, 2.05) is 31.2 Å². The Balaban J connectivity index is 1.34. The lowest BCUT2D eigenvalue weighted by molar-refractivity contribution is -0.127.